The Morgan fingerprint density at radius 3 is 2.45 bits per heavy atom. The lowest BCUT2D eigenvalue weighted by molar-refractivity contribution is -0.141. The summed E-state index contributed by atoms with van der Waals surface area (Å²) in [6, 6.07) is 10.0. The van der Waals surface area contributed by atoms with Crippen LogP contribution in [0.25, 0.3) is 5.65 Å². The van der Waals surface area contributed by atoms with Crippen molar-refractivity contribution in [2.75, 3.05) is 51.3 Å². The third-order valence-corrected chi connectivity index (χ3v) is 7.19. The monoisotopic (exact) mass is 473 g/mol. The number of ether oxygens (including phenoxy) is 2. The van der Waals surface area contributed by atoms with Gasteiger partial charge in [0.15, 0.2) is 10.5 Å². The maximum atomic E-state index is 13.6. The summed E-state index contributed by atoms with van der Waals surface area (Å²) >= 11 is 0. The van der Waals surface area contributed by atoms with Crippen LogP contribution in [0.2, 0.25) is 0 Å². The molecule has 10 nitrogen and oxygen atoms in total. The van der Waals surface area contributed by atoms with Gasteiger partial charge in [0.05, 0.1) is 4.90 Å². The number of carbonyl (C=O) groups excluding carboxylic acids is 1. The molecule has 0 N–H and O–H groups in total. The molecule has 176 valence electrons. The predicted molar refractivity (Wildman–Crippen MR) is 121 cm³/mol. The molecular weight excluding hydrogens is 446 g/mol. The van der Waals surface area contributed by atoms with Gasteiger partial charge in [0.1, 0.15) is 19.0 Å². The van der Waals surface area contributed by atoms with Crippen molar-refractivity contribution < 1.29 is 22.7 Å². The van der Waals surface area contributed by atoms with Crippen molar-refractivity contribution in [1.82, 2.24) is 19.5 Å². The number of fused-ring (bicyclic) bond motifs is 1. The van der Waals surface area contributed by atoms with E-state index in [1.54, 1.807) is 18.2 Å². The number of anilines is 1. The lowest BCUT2D eigenvalue weighted by Gasteiger charge is -2.33. The molecule has 2 aromatic heterocycles. The molecule has 4 rings (SSSR count). The molecule has 1 fully saturated rings. The number of sulfone groups is 1. The van der Waals surface area contributed by atoms with Crippen molar-refractivity contribution in [3.63, 3.8) is 0 Å². The van der Waals surface area contributed by atoms with E-state index in [0.29, 0.717) is 5.69 Å². The van der Waals surface area contributed by atoms with Crippen molar-refractivity contribution >= 4 is 27.3 Å². The number of nitrogens with zero attached hydrogens (tertiary/aromatic N) is 5. The number of benzene rings is 1. The molecule has 0 unspecified atom stereocenters. The van der Waals surface area contributed by atoms with E-state index >= 15 is 0 Å². The normalized spacial score (nSPS) is 15.1. The van der Waals surface area contributed by atoms with Gasteiger partial charge in [-0.1, -0.05) is 18.2 Å². The van der Waals surface area contributed by atoms with Gasteiger partial charge >= 0.3 is 5.97 Å². The Bertz CT molecular complexity index is 1250. The van der Waals surface area contributed by atoms with Gasteiger partial charge in [-0.05, 0) is 26.1 Å². The van der Waals surface area contributed by atoms with E-state index in [9.17, 15) is 13.2 Å². The third kappa shape index (κ3) is 4.79. The van der Waals surface area contributed by atoms with E-state index in [1.165, 1.54) is 23.6 Å². The molecule has 0 bridgehead atoms. The first-order valence-electron chi connectivity index (χ1n) is 10.7. The molecule has 0 saturated carbocycles. The van der Waals surface area contributed by atoms with E-state index in [-0.39, 0.29) is 34.5 Å². The Morgan fingerprint density at radius 1 is 1.09 bits per heavy atom. The van der Waals surface area contributed by atoms with Crippen LogP contribution in [0, 0.1) is 6.92 Å². The van der Waals surface area contributed by atoms with E-state index < -0.39 is 15.8 Å². The molecule has 0 radical (unpaired) electrons. The van der Waals surface area contributed by atoms with Crippen LogP contribution in [0.1, 0.15) is 12.6 Å². The van der Waals surface area contributed by atoms with Gasteiger partial charge in [-0.25, -0.2) is 13.4 Å². The minimum absolute atomic E-state index is 0.0220. The van der Waals surface area contributed by atoms with Crippen LogP contribution in [-0.4, -0.2) is 80.3 Å². The SMILES string of the molecule is CC(=O)OCCOc1nn2c(N3CCN(C)CC3)cc(C)nc2c1S(=O)(=O)c1ccccc1. The highest BCUT2D eigenvalue weighted by Crippen LogP contribution is 2.34. The molecule has 3 heterocycles. The average molecular weight is 474 g/mol. The van der Waals surface area contributed by atoms with E-state index in [4.69, 9.17) is 9.47 Å². The number of aryl methyl sites for hydroxylation is 1. The Hall–Kier alpha value is -3.18. The first-order valence-corrected chi connectivity index (χ1v) is 12.2. The number of carbonyl (C=O) groups is 1. The maximum absolute atomic E-state index is 13.6. The number of likely N-dealkylation sites (N-methyl/N-ethyl adjacent to an activating group) is 1. The molecule has 33 heavy (non-hydrogen) atoms. The topological polar surface area (TPSA) is 106 Å². The fourth-order valence-electron chi connectivity index (χ4n) is 3.71. The number of hydrogen-bond donors (Lipinski definition) is 0. The second-order valence-corrected chi connectivity index (χ2v) is 9.81. The molecule has 1 aliphatic heterocycles. The van der Waals surface area contributed by atoms with Crippen LogP contribution < -0.4 is 9.64 Å². The zero-order valence-corrected chi connectivity index (χ0v) is 19.7. The molecule has 1 aromatic carbocycles. The summed E-state index contributed by atoms with van der Waals surface area (Å²) in [5, 5.41) is 4.51. The number of rotatable bonds is 7. The summed E-state index contributed by atoms with van der Waals surface area (Å²) in [4.78, 5) is 20.0. The van der Waals surface area contributed by atoms with Crippen molar-refractivity contribution in [3.8, 4) is 5.88 Å². The summed E-state index contributed by atoms with van der Waals surface area (Å²) in [7, 11) is -1.92. The van der Waals surface area contributed by atoms with Crippen LogP contribution in [0.5, 0.6) is 5.88 Å². The molecule has 1 saturated heterocycles. The zero-order chi connectivity index (χ0) is 23.6. The minimum atomic E-state index is -3.98. The van der Waals surface area contributed by atoms with Crippen LogP contribution in [-0.2, 0) is 19.4 Å². The predicted octanol–water partition coefficient (Wildman–Crippen LogP) is 1.56. The molecule has 0 aliphatic carbocycles. The van der Waals surface area contributed by atoms with Gasteiger partial charge in [-0.3, -0.25) is 4.79 Å². The Labute approximate surface area is 192 Å². The summed E-state index contributed by atoms with van der Waals surface area (Å²) in [6.45, 7) is 6.38. The Morgan fingerprint density at radius 2 is 1.79 bits per heavy atom. The first kappa shape index (κ1) is 23.0. The van der Waals surface area contributed by atoms with Crippen LogP contribution in [0.15, 0.2) is 46.2 Å². The second kappa shape index (κ2) is 9.36. The van der Waals surface area contributed by atoms with E-state index in [2.05, 4.69) is 26.9 Å². The first-order chi connectivity index (χ1) is 15.8. The largest absolute Gasteiger partial charge is 0.472 e. The number of piperazine rings is 1. The van der Waals surface area contributed by atoms with E-state index in [0.717, 1.165) is 32.0 Å². The lowest BCUT2D eigenvalue weighted by Crippen LogP contribution is -2.45. The molecule has 3 aromatic rings. The second-order valence-electron chi connectivity index (χ2n) is 7.92. The quantitative estimate of drug-likeness (QED) is 0.373. The van der Waals surface area contributed by atoms with Gasteiger partial charge in [-0.15, -0.1) is 5.10 Å². The van der Waals surface area contributed by atoms with Crippen molar-refractivity contribution in [3.05, 3.63) is 42.1 Å². The maximum Gasteiger partial charge on any atom is 0.302 e. The molecular formula is C22H27N5O5S. The zero-order valence-electron chi connectivity index (χ0n) is 18.9. The van der Waals surface area contributed by atoms with Gasteiger partial charge < -0.3 is 19.3 Å². The highest BCUT2D eigenvalue weighted by atomic mass is 32.2. The number of hydrogen-bond acceptors (Lipinski definition) is 9. The summed E-state index contributed by atoms with van der Waals surface area (Å²) < 4.78 is 39.4. The van der Waals surface area contributed by atoms with Crippen molar-refractivity contribution in [2.45, 2.75) is 23.6 Å². The van der Waals surface area contributed by atoms with Crippen LogP contribution in [0.3, 0.4) is 0 Å². The minimum Gasteiger partial charge on any atom is -0.472 e. The summed E-state index contributed by atoms with van der Waals surface area (Å²) in [5.41, 5.74) is 0.877. The van der Waals surface area contributed by atoms with Crippen LogP contribution in [0.4, 0.5) is 5.82 Å². The Kier molecular flexibility index (Phi) is 6.52. The molecule has 0 atom stereocenters. The molecule has 1 aliphatic rings. The fourth-order valence-corrected chi connectivity index (χ4v) is 5.17. The van der Waals surface area contributed by atoms with Crippen molar-refractivity contribution in [2.24, 2.45) is 0 Å². The molecule has 0 amide bonds. The fraction of sp³-hybridized carbons (Fsp3) is 0.409. The van der Waals surface area contributed by atoms with Gasteiger partial charge in [-0.2, -0.15) is 4.52 Å². The Balaban J connectivity index is 1.84. The summed E-state index contributed by atoms with van der Waals surface area (Å²) in [6.07, 6.45) is 0. The number of aromatic nitrogens is 3. The van der Waals surface area contributed by atoms with Crippen molar-refractivity contribution in [1.29, 1.82) is 0 Å². The van der Waals surface area contributed by atoms with Gasteiger partial charge in [0.25, 0.3) is 5.88 Å². The molecule has 11 heteroatoms. The van der Waals surface area contributed by atoms with Gasteiger partial charge in [0.2, 0.25) is 9.84 Å². The third-order valence-electron chi connectivity index (χ3n) is 5.40. The smallest absolute Gasteiger partial charge is 0.302 e. The number of esters is 1. The van der Waals surface area contributed by atoms with Gasteiger partial charge in [0, 0.05) is 44.9 Å². The van der Waals surface area contributed by atoms with E-state index in [1.807, 2.05) is 13.0 Å². The molecule has 0 spiro atoms. The highest BCUT2D eigenvalue weighted by Gasteiger charge is 2.32. The average Bonchev–Trinajstić information content (AvgIpc) is 3.16. The van der Waals surface area contributed by atoms with Crippen LogP contribution >= 0.6 is 0 Å². The standard InChI is InChI=1S/C22H27N5O5S/c1-16-15-19(26-11-9-25(3)10-12-26)27-21(23-16)20(22(24-27)32-14-13-31-17(2)28)33(29,30)18-7-5-4-6-8-18/h4-8,15H,9-14H2,1-3H3. The summed E-state index contributed by atoms with van der Waals surface area (Å²) in [5.74, 6) is 0.241. The highest BCUT2D eigenvalue weighted by molar-refractivity contribution is 7.91. The lowest BCUT2D eigenvalue weighted by atomic mass is 10.3.